The predicted molar refractivity (Wildman–Crippen MR) is 148 cm³/mol. The van der Waals surface area contributed by atoms with Crippen molar-refractivity contribution in [3.05, 3.63) is 53.8 Å². The zero-order valence-electron chi connectivity index (χ0n) is 22.2. The van der Waals surface area contributed by atoms with Crippen LogP contribution in [0.2, 0.25) is 0 Å². The molecule has 0 spiro atoms. The Labute approximate surface area is 228 Å². The average Bonchev–Trinajstić information content (AvgIpc) is 3.39. The first-order chi connectivity index (χ1) is 19.0. The minimum absolute atomic E-state index is 0.0105. The van der Waals surface area contributed by atoms with Gasteiger partial charge in [-0.25, -0.2) is 9.18 Å². The van der Waals surface area contributed by atoms with Crippen molar-refractivity contribution < 1.29 is 23.5 Å². The van der Waals surface area contributed by atoms with Gasteiger partial charge in [0.05, 0.1) is 24.5 Å². The highest BCUT2D eigenvalue weighted by molar-refractivity contribution is 6.02. The smallest absolute Gasteiger partial charge is 0.321 e. The Morgan fingerprint density at radius 1 is 0.821 bits per heavy atom. The van der Waals surface area contributed by atoms with Crippen LogP contribution in [0.3, 0.4) is 0 Å². The van der Waals surface area contributed by atoms with Gasteiger partial charge in [-0.1, -0.05) is 25.0 Å². The number of ether oxygens (including phenoxy) is 1. The van der Waals surface area contributed by atoms with E-state index in [9.17, 15) is 18.8 Å². The summed E-state index contributed by atoms with van der Waals surface area (Å²) in [5, 5.41) is 5.69. The van der Waals surface area contributed by atoms with Gasteiger partial charge in [-0.15, -0.1) is 0 Å². The largest absolute Gasteiger partial charge is 0.378 e. The van der Waals surface area contributed by atoms with Crippen LogP contribution in [0, 0.1) is 11.7 Å². The highest BCUT2D eigenvalue weighted by Crippen LogP contribution is 2.30. The summed E-state index contributed by atoms with van der Waals surface area (Å²) in [5.74, 6) is -0.538. The van der Waals surface area contributed by atoms with Crippen molar-refractivity contribution in [2.75, 3.05) is 68.0 Å². The molecule has 0 unspecified atom stereocenters. The van der Waals surface area contributed by atoms with E-state index in [1.54, 1.807) is 28.0 Å². The van der Waals surface area contributed by atoms with E-state index in [1.807, 2.05) is 12.1 Å². The number of carbonyl (C=O) groups is 3. The molecule has 2 aromatic rings. The number of anilines is 3. The third-order valence-electron chi connectivity index (χ3n) is 7.76. The van der Waals surface area contributed by atoms with Gasteiger partial charge < -0.3 is 30.1 Å². The van der Waals surface area contributed by atoms with E-state index in [-0.39, 0.29) is 29.5 Å². The van der Waals surface area contributed by atoms with Crippen LogP contribution in [0.5, 0.6) is 0 Å². The van der Waals surface area contributed by atoms with Crippen LogP contribution in [0.1, 0.15) is 42.5 Å². The van der Waals surface area contributed by atoms with E-state index in [0.717, 1.165) is 31.4 Å². The molecule has 0 aromatic heterocycles. The van der Waals surface area contributed by atoms with Crippen molar-refractivity contribution in [1.29, 1.82) is 0 Å². The minimum Gasteiger partial charge on any atom is -0.378 e. The van der Waals surface area contributed by atoms with E-state index in [2.05, 4.69) is 15.5 Å². The summed E-state index contributed by atoms with van der Waals surface area (Å²) in [6.45, 7) is 4.12. The number of hydrogen-bond donors (Lipinski definition) is 2. The number of nitrogens with one attached hydrogen (secondary N) is 2. The second kappa shape index (κ2) is 12.5. The number of amides is 4. The summed E-state index contributed by atoms with van der Waals surface area (Å²) in [7, 11) is 0. The van der Waals surface area contributed by atoms with Crippen molar-refractivity contribution in [3.63, 3.8) is 0 Å². The third-order valence-corrected chi connectivity index (χ3v) is 7.76. The number of halogens is 1. The Morgan fingerprint density at radius 2 is 1.59 bits per heavy atom. The van der Waals surface area contributed by atoms with Crippen LogP contribution < -0.4 is 15.5 Å². The number of nitrogens with zero attached hydrogens (tertiary/aromatic N) is 3. The zero-order valence-corrected chi connectivity index (χ0v) is 22.2. The number of benzene rings is 2. The molecule has 9 nitrogen and oxygen atoms in total. The number of morpholine rings is 1. The van der Waals surface area contributed by atoms with Gasteiger partial charge in [-0.3, -0.25) is 9.59 Å². The molecule has 1 aliphatic carbocycles. The van der Waals surface area contributed by atoms with Gasteiger partial charge in [0.25, 0.3) is 5.91 Å². The zero-order chi connectivity index (χ0) is 27.2. The van der Waals surface area contributed by atoms with Gasteiger partial charge in [0.2, 0.25) is 5.91 Å². The molecule has 2 aliphatic heterocycles. The van der Waals surface area contributed by atoms with Crippen molar-refractivity contribution in [2.24, 2.45) is 5.92 Å². The first kappa shape index (κ1) is 26.9. The lowest BCUT2D eigenvalue weighted by atomic mass is 10.1. The summed E-state index contributed by atoms with van der Waals surface area (Å²) in [6, 6.07) is 11.3. The highest BCUT2D eigenvalue weighted by atomic mass is 19.1. The van der Waals surface area contributed by atoms with Crippen molar-refractivity contribution in [2.45, 2.75) is 32.1 Å². The van der Waals surface area contributed by atoms with E-state index >= 15 is 0 Å². The normalized spacial score (nSPS) is 18.5. The summed E-state index contributed by atoms with van der Waals surface area (Å²) >= 11 is 0. The molecule has 4 amide bonds. The monoisotopic (exact) mass is 537 g/mol. The third kappa shape index (κ3) is 6.50. The van der Waals surface area contributed by atoms with E-state index < -0.39 is 5.82 Å². The molecule has 0 radical (unpaired) electrons. The molecule has 5 rings (SSSR count). The second-order valence-corrected chi connectivity index (χ2v) is 10.3. The number of para-hydroxylation sites is 1. The maximum Gasteiger partial charge on any atom is 0.321 e. The molecule has 2 saturated heterocycles. The Balaban J connectivity index is 1.32. The molecule has 1 saturated carbocycles. The van der Waals surface area contributed by atoms with Crippen LogP contribution in [0.4, 0.5) is 26.2 Å². The Morgan fingerprint density at radius 3 is 2.36 bits per heavy atom. The van der Waals surface area contributed by atoms with Gasteiger partial charge >= 0.3 is 6.03 Å². The molecule has 2 aromatic carbocycles. The van der Waals surface area contributed by atoms with Gasteiger partial charge in [-0.05, 0) is 49.6 Å². The summed E-state index contributed by atoms with van der Waals surface area (Å²) in [4.78, 5) is 44.9. The van der Waals surface area contributed by atoms with E-state index in [1.165, 1.54) is 12.1 Å². The van der Waals surface area contributed by atoms with E-state index in [4.69, 9.17) is 4.74 Å². The van der Waals surface area contributed by atoms with Crippen LogP contribution in [0.25, 0.3) is 0 Å². The molecule has 39 heavy (non-hydrogen) atoms. The molecular weight excluding hydrogens is 501 g/mol. The lowest BCUT2D eigenvalue weighted by Crippen LogP contribution is -2.42. The number of hydrogen-bond acceptors (Lipinski definition) is 5. The van der Waals surface area contributed by atoms with Gasteiger partial charge in [0, 0.05) is 56.6 Å². The maximum atomic E-state index is 14.0. The van der Waals surface area contributed by atoms with E-state index in [0.29, 0.717) is 70.2 Å². The van der Waals surface area contributed by atoms with Crippen molar-refractivity contribution in [3.8, 4) is 0 Å². The first-order valence-corrected chi connectivity index (χ1v) is 13.9. The fourth-order valence-electron chi connectivity index (χ4n) is 5.55. The molecule has 3 fully saturated rings. The second-order valence-electron chi connectivity index (χ2n) is 10.3. The number of rotatable bonds is 5. The van der Waals surface area contributed by atoms with Crippen LogP contribution >= 0.6 is 0 Å². The van der Waals surface area contributed by atoms with Gasteiger partial charge in [-0.2, -0.15) is 0 Å². The minimum atomic E-state index is -0.478. The predicted octanol–water partition coefficient (Wildman–Crippen LogP) is 4.17. The topological polar surface area (TPSA) is 94.2 Å². The molecule has 10 heteroatoms. The highest BCUT2D eigenvalue weighted by Gasteiger charge is 2.28. The first-order valence-electron chi connectivity index (χ1n) is 13.9. The molecule has 3 aliphatic rings. The van der Waals surface area contributed by atoms with Gasteiger partial charge in [0.15, 0.2) is 0 Å². The lowest BCUT2D eigenvalue weighted by Gasteiger charge is -2.30. The Hall–Kier alpha value is -3.66. The fraction of sp³-hybridized carbons (Fsp3) is 0.483. The van der Waals surface area contributed by atoms with Gasteiger partial charge in [0.1, 0.15) is 5.82 Å². The number of carbonyl (C=O) groups excluding carboxylic acids is 3. The maximum absolute atomic E-state index is 14.0. The molecule has 0 atom stereocenters. The van der Waals surface area contributed by atoms with Crippen LogP contribution in [-0.2, 0) is 9.53 Å². The Bertz CT molecular complexity index is 1200. The van der Waals surface area contributed by atoms with Crippen LogP contribution in [0.15, 0.2) is 42.5 Å². The summed E-state index contributed by atoms with van der Waals surface area (Å²) in [6.07, 6.45) is 4.64. The lowest BCUT2D eigenvalue weighted by molar-refractivity contribution is -0.119. The van der Waals surface area contributed by atoms with Crippen molar-refractivity contribution in [1.82, 2.24) is 9.80 Å². The molecule has 2 N–H and O–H groups in total. The molecule has 208 valence electrons. The number of urea groups is 1. The fourth-order valence-corrected chi connectivity index (χ4v) is 5.55. The Kier molecular flexibility index (Phi) is 8.61. The van der Waals surface area contributed by atoms with Crippen LogP contribution in [-0.4, -0.2) is 80.1 Å². The average molecular weight is 538 g/mol. The SMILES string of the molecule is O=C(Nc1ccc(N2CCCN(C(=O)Nc3ccccc3F)CC2)c(C(=O)N2CCOCC2)c1)C1CCCC1. The summed E-state index contributed by atoms with van der Waals surface area (Å²) < 4.78 is 19.5. The van der Waals surface area contributed by atoms with Crippen molar-refractivity contribution >= 4 is 34.9 Å². The summed E-state index contributed by atoms with van der Waals surface area (Å²) in [5.41, 5.74) is 2.08. The molecule has 2 heterocycles. The molecule has 0 bridgehead atoms. The molecular formula is C29H36FN5O4. The standard InChI is InChI=1S/C29H36FN5O4/c30-24-8-3-4-9-25(24)32-29(38)35-13-5-12-33(14-15-35)26-11-10-22(31-27(36)21-6-1-2-7-21)20-23(26)28(37)34-16-18-39-19-17-34/h3-4,8-11,20-21H,1-2,5-7,12-19H2,(H,31,36)(H,32,38). The quantitative estimate of drug-likeness (QED) is 0.597.